The molecule has 1 aliphatic heterocycles. The first-order valence-electron chi connectivity index (χ1n) is 10.8. The first kappa shape index (κ1) is 20.0. The Hall–Kier alpha value is -3.94. The Morgan fingerprint density at radius 3 is 2.53 bits per heavy atom. The Labute approximate surface area is 185 Å². The standard InChI is InChI=1S/C24H24N6O2/c1-2-32-19-6-3-17(4-7-19)20-9-10-23(28-27-20)29-11-13-30(14-12-29)24(31)18-5-8-21-22(15-18)26-16-25-21/h3-10,15-16H,2,11-14H2,1H3,(H,25,26). The molecule has 0 atom stereocenters. The van der Waals surface area contributed by atoms with Crippen LogP contribution in [0.5, 0.6) is 5.75 Å². The van der Waals surface area contributed by atoms with E-state index in [9.17, 15) is 4.79 Å². The molecule has 2 aromatic heterocycles. The fourth-order valence-corrected chi connectivity index (χ4v) is 3.93. The van der Waals surface area contributed by atoms with Crippen LogP contribution in [0.15, 0.2) is 60.9 Å². The number of nitrogens with one attached hydrogen (secondary N) is 1. The third-order valence-corrected chi connectivity index (χ3v) is 5.67. The number of imidazole rings is 1. The van der Waals surface area contributed by atoms with E-state index in [2.05, 4.69) is 25.1 Å². The maximum atomic E-state index is 12.9. The van der Waals surface area contributed by atoms with Crippen molar-refractivity contribution in [2.24, 2.45) is 0 Å². The van der Waals surface area contributed by atoms with Gasteiger partial charge in [-0.15, -0.1) is 10.2 Å². The maximum absolute atomic E-state index is 12.9. The lowest BCUT2D eigenvalue weighted by Gasteiger charge is -2.35. The monoisotopic (exact) mass is 428 g/mol. The van der Waals surface area contributed by atoms with Gasteiger partial charge in [0.1, 0.15) is 5.75 Å². The fraction of sp³-hybridized carbons (Fsp3) is 0.250. The number of aromatic amines is 1. The summed E-state index contributed by atoms with van der Waals surface area (Å²) in [5, 5.41) is 8.83. The van der Waals surface area contributed by atoms with Crippen LogP contribution in [0.1, 0.15) is 17.3 Å². The molecule has 4 aromatic rings. The van der Waals surface area contributed by atoms with Crippen LogP contribution in [0, 0.1) is 0 Å². The van der Waals surface area contributed by atoms with Gasteiger partial charge in [-0.3, -0.25) is 4.79 Å². The van der Waals surface area contributed by atoms with E-state index in [0.29, 0.717) is 25.3 Å². The molecule has 0 radical (unpaired) electrons. The summed E-state index contributed by atoms with van der Waals surface area (Å²) in [5.74, 6) is 1.71. The molecule has 5 rings (SSSR count). The zero-order valence-electron chi connectivity index (χ0n) is 17.9. The van der Waals surface area contributed by atoms with Crippen LogP contribution in [-0.4, -0.2) is 63.8 Å². The van der Waals surface area contributed by atoms with Gasteiger partial charge >= 0.3 is 0 Å². The van der Waals surface area contributed by atoms with Crippen LogP contribution in [-0.2, 0) is 0 Å². The van der Waals surface area contributed by atoms with Crippen LogP contribution in [0.25, 0.3) is 22.3 Å². The molecule has 32 heavy (non-hydrogen) atoms. The quantitative estimate of drug-likeness (QED) is 0.524. The molecule has 162 valence electrons. The van der Waals surface area contributed by atoms with Crippen LogP contribution < -0.4 is 9.64 Å². The van der Waals surface area contributed by atoms with Crippen LogP contribution in [0.3, 0.4) is 0 Å². The molecular weight excluding hydrogens is 404 g/mol. The lowest BCUT2D eigenvalue weighted by Crippen LogP contribution is -2.49. The molecule has 0 saturated carbocycles. The fourth-order valence-electron chi connectivity index (χ4n) is 3.93. The van der Waals surface area contributed by atoms with Crippen molar-refractivity contribution >= 4 is 22.8 Å². The van der Waals surface area contributed by atoms with Gasteiger partial charge in [-0.1, -0.05) is 0 Å². The summed E-state index contributed by atoms with van der Waals surface area (Å²) in [5.41, 5.74) is 4.22. The van der Waals surface area contributed by atoms with Gasteiger partial charge in [0.2, 0.25) is 0 Å². The second-order valence-corrected chi connectivity index (χ2v) is 7.65. The van der Waals surface area contributed by atoms with E-state index >= 15 is 0 Å². The van der Waals surface area contributed by atoms with Crippen molar-refractivity contribution in [2.75, 3.05) is 37.7 Å². The van der Waals surface area contributed by atoms with Crippen molar-refractivity contribution in [3.63, 3.8) is 0 Å². The zero-order valence-corrected chi connectivity index (χ0v) is 17.9. The number of amides is 1. The number of benzene rings is 2. The Balaban J connectivity index is 1.21. The summed E-state index contributed by atoms with van der Waals surface area (Å²) in [6.45, 7) is 5.33. The molecule has 1 saturated heterocycles. The molecule has 1 N–H and O–H groups in total. The molecule has 0 aliphatic carbocycles. The van der Waals surface area contributed by atoms with E-state index in [1.54, 1.807) is 6.33 Å². The third kappa shape index (κ3) is 3.99. The summed E-state index contributed by atoms with van der Waals surface area (Å²) in [6, 6.07) is 17.4. The normalized spacial score (nSPS) is 14.0. The lowest BCUT2D eigenvalue weighted by molar-refractivity contribution is 0.0746. The first-order chi connectivity index (χ1) is 15.7. The van der Waals surface area contributed by atoms with Crippen molar-refractivity contribution in [2.45, 2.75) is 6.92 Å². The SMILES string of the molecule is CCOc1ccc(-c2ccc(N3CCN(C(=O)c4ccc5nc[nH]c5c4)CC3)nn2)cc1. The molecule has 2 aromatic carbocycles. The maximum Gasteiger partial charge on any atom is 0.254 e. The van der Waals surface area contributed by atoms with Crippen LogP contribution >= 0.6 is 0 Å². The molecule has 0 spiro atoms. The Kier molecular flexibility index (Phi) is 5.41. The van der Waals surface area contributed by atoms with E-state index < -0.39 is 0 Å². The highest BCUT2D eigenvalue weighted by molar-refractivity contribution is 5.97. The number of H-pyrrole nitrogens is 1. The van der Waals surface area contributed by atoms with Gasteiger partial charge in [0, 0.05) is 37.3 Å². The molecule has 0 unspecified atom stereocenters. The second-order valence-electron chi connectivity index (χ2n) is 7.65. The number of ether oxygens (including phenoxy) is 1. The third-order valence-electron chi connectivity index (χ3n) is 5.67. The molecule has 1 aliphatic rings. The summed E-state index contributed by atoms with van der Waals surface area (Å²) in [4.78, 5) is 24.2. The summed E-state index contributed by atoms with van der Waals surface area (Å²) >= 11 is 0. The highest BCUT2D eigenvalue weighted by Crippen LogP contribution is 2.22. The van der Waals surface area contributed by atoms with Crippen molar-refractivity contribution in [1.29, 1.82) is 0 Å². The summed E-state index contributed by atoms with van der Waals surface area (Å²) < 4.78 is 5.49. The molecule has 1 amide bonds. The Morgan fingerprint density at radius 2 is 1.81 bits per heavy atom. The number of hydrogen-bond donors (Lipinski definition) is 1. The highest BCUT2D eigenvalue weighted by Gasteiger charge is 2.23. The highest BCUT2D eigenvalue weighted by atomic mass is 16.5. The van der Waals surface area contributed by atoms with E-state index in [1.807, 2.05) is 66.4 Å². The predicted octanol–water partition coefficient (Wildman–Crippen LogP) is 3.38. The number of hydrogen-bond acceptors (Lipinski definition) is 6. The van der Waals surface area contributed by atoms with E-state index in [4.69, 9.17) is 4.74 Å². The number of piperazine rings is 1. The number of fused-ring (bicyclic) bond motifs is 1. The smallest absolute Gasteiger partial charge is 0.254 e. The molecular formula is C24H24N6O2. The van der Waals surface area contributed by atoms with Crippen molar-refractivity contribution in [3.05, 3.63) is 66.5 Å². The average molecular weight is 428 g/mol. The Morgan fingerprint density at radius 1 is 1.00 bits per heavy atom. The van der Waals surface area contributed by atoms with E-state index in [1.165, 1.54) is 0 Å². The summed E-state index contributed by atoms with van der Waals surface area (Å²) in [6.07, 6.45) is 1.64. The number of nitrogens with zero attached hydrogens (tertiary/aromatic N) is 5. The second kappa shape index (κ2) is 8.66. The van der Waals surface area contributed by atoms with Crippen molar-refractivity contribution < 1.29 is 9.53 Å². The van der Waals surface area contributed by atoms with Crippen molar-refractivity contribution in [1.82, 2.24) is 25.1 Å². The minimum absolute atomic E-state index is 0.0399. The van der Waals surface area contributed by atoms with Gasteiger partial charge in [0.15, 0.2) is 5.82 Å². The molecule has 0 bridgehead atoms. The predicted molar refractivity (Wildman–Crippen MR) is 123 cm³/mol. The number of carbonyl (C=O) groups excluding carboxylic acids is 1. The number of aromatic nitrogens is 4. The van der Waals surface area contributed by atoms with Crippen LogP contribution in [0.4, 0.5) is 5.82 Å². The van der Waals surface area contributed by atoms with Gasteiger partial charge < -0.3 is 19.5 Å². The minimum atomic E-state index is 0.0399. The van der Waals surface area contributed by atoms with Gasteiger partial charge in [-0.2, -0.15) is 0 Å². The molecule has 8 nitrogen and oxygen atoms in total. The van der Waals surface area contributed by atoms with E-state index in [-0.39, 0.29) is 5.91 Å². The number of rotatable bonds is 5. The van der Waals surface area contributed by atoms with Gasteiger partial charge in [0.05, 0.1) is 29.7 Å². The molecule has 1 fully saturated rings. The lowest BCUT2D eigenvalue weighted by atomic mass is 10.1. The minimum Gasteiger partial charge on any atom is -0.494 e. The average Bonchev–Trinajstić information content (AvgIpc) is 3.33. The zero-order chi connectivity index (χ0) is 21.9. The van der Waals surface area contributed by atoms with E-state index in [0.717, 1.165) is 46.9 Å². The number of anilines is 1. The first-order valence-corrected chi connectivity index (χ1v) is 10.8. The van der Waals surface area contributed by atoms with Gasteiger partial charge in [-0.05, 0) is 61.5 Å². The Bertz CT molecular complexity index is 1210. The largest absolute Gasteiger partial charge is 0.494 e. The number of carbonyl (C=O) groups is 1. The van der Waals surface area contributed by atoms with Crippen LogP contribution in [0.2, 0.25) is 0 Å². The van der Waals surface area contributed by atoms with Gasteiger partial charge in [0.25, 0.3) is 5.91 Å². The van der Waals surface area contributed by atoms with Crippen molar-refractivity contribution in [3.8, 4) is 17.0 Å². The van der Waals surface area contributed by atoms with Gasteiger partial charge in [-0.25, -0.2) is 4.98 Å². The summed E-state index contributed by atoms with van der Waals surface area (Å²) in [7, 11) is 0. The topological polar surface area (TPSA) is 87.2 Å². The molecule has 3 heterocycles. The molecule has 8 heteroatoms.